The van der Waals surface area contributed by atoms with E-state index in [9.17, 15) is 4.57 Å². The van der Waals surface area contributed by atoms with Crippen LogP contribution in [-0.2, 0) is 27.3 Å². The van der Waals surface area contributed by atoms with Gasteiger partial charge in [0.25, 0.3) is 0 Å². The Morgan fingerprint density at radius 2 is 1.09 bits per heavy atom. The van der Waals surface area contributed by atoms with Crippen molar-refractivity contribution in [2.24, 2.45) is 0 Å². The normalized spacial score (nSPS) is 11.0. The Bertz CT molecular complexity index is 493. The van der Waals surface area contributed by atoms with Crippen molar-refractivity contribution in [3.05, 3.63) is 71.8 Å². The quantitative estimate of drug-likeness (QED) is 0.491. The van der Waals surface area contributed by atoms with Crippen LogP contribution in [0.5, 0.6) is 0 Å². The van der Waals surface area contributed by atoms with Gasteiger partial charge in [-0.25, -0.2) is 0 Å². The molecule has 0 saturated heterocycles. The Balaban J connectivity index is 1.49. The van der Waals surface area contributed by atoms with Crippen LogP contribution in [0.2, 0.25) is 0 Å². The van der Waals surface area contributed by atoms with Crippen molar-refractivity contribution in [3.8, 4) is 0 Å². The van der Waals surface area contributed by atoms with E-state index in [4.69, 9.17) is 9.47 Å². The first-order valence-corrected chi connectivity index (χ1v) is 9.42. The summed E-state index contributed by atoms with van der Waals surface area (Å²) in [5, 5.41) is 0. The van der Waals surface area contributed by atoms with Gasteiger partial charge in [-0.1, -0.05) is 60.7 Å². The molecule has 0 aliphatic heterocycles. The van der Waals surface area contributed by atoms with Gasteiger partial charge in [-0.05, 0) is 11.1 Å². The van der Waals surface area contributed by atoms with Crippen LogP contribution in [0.15, 0.2) is 60.7 Å². The minimum absolute atomic E-state index is 0.547. The fraction of sp³-hybridized carbons (Fsp3) is 0.333. The Kier molecular flexibility index (Phi) is 7.97. The average molecular weight is 318 g/mol. The first-order valence-electron chi connectivity index (χ1n) is 7.59. The van der Waals surface area contributed by atoms with Crippen LogP contribution in [0.3, 0.4) is 0 Å². The highest BCUT2D eigenvalue weighted by molar-refractivity contribution is 7.44. The molecule has 0 aromatic heterocycles. The van der Waals surface area contributed by atoms with Gasteiger partial charge in [-0.2, -0.15) is 0 Å². The summed E-state index contributed by atoms with van der Waals surface area (Å²) in [6.07, 6.45) is 1.26. The lowest BCUT2D eigenvalue weighted by molar-refractivity contribution is 0.132. The first kappa shape index (κ1) is 17.0. The molecule has 2 aromatic carbocycles. The summed E-state index contributed by atoms with van der Waals surface area (Å²) in [4.78, 5) is 0. The summed E-state index contributed by atoms with van der Waals surface area (Å²) in [5.74, 6) is 0. The van der Waals surface area contributed by atoms with E-state index in [1.54, 1.807) is 0 Å². The van der Waals surface area contributed by atoms with Crippen molar-refractivity contribution in [2.45, 2.75) is 13.2 Å². The molecule has 0 spiro atoms. The molecule has 0 N–H and O–H groups in total. The average Bonchev–Trinajstić information content (AvgIpc) is 2.57. The predicted octanol–water partition coefficient (Wildman–Crippen LogP) is 3.98. The van der Waals surface area contributed by atoms with Crippen LogP contribution in [0, 0.1) is 0 Å². The predicted molar refractivity (Wildman–Crippen MR) is 90.9 cm³/mol. The van der Waals surface area contributed by atoms with Gasteiger partial charge >= 0.3 is 0 Å². The van der Waals surface area contributed by atoms with Crippen molar-refractivity contribution in [1.29, 1.82) is 0 Å². The van der Waals surface area contributed by atoms with Gasteiger partial charge < -0.3 is 14.0 Å². The van der Waals surface area contributed by atoms with E-state index in [1.165, 1.54) is 0 Å². The van der Waals surface area contributed by atoms with Gasteiger partial charge in [-0.3, -0.25) is 0 Å². The molecule has 0 heterocycles. The van der Waals surface area contributed by atoms with Gasteiger partial charge in [0.15, 0.2) is 0 Å². The Labute approximate surface area is 133 Å². The zero-order valence-electron chi connectivity index (χ0n) is 12.7. The molecule has 0 unspecified atom stereocenters. The van der Waals surface area contributed by atoms with E-state index >= 15 is 0 Å². The smallest absolute Gasteiger partial charge is 0.0807 e. The van der Waals surface area contributed by atoms with E-state index in [2.05, 4.69) is 0 Å². The number of hydrogen-bond donors (Lipinski definition) is 0. The van der Waals surface area contributed by atoms with Crippen LogP contribution in [0.1, 0.15) is 11.1 Å². The van der Waals surface area contributed by atoms with Crippen LogP contribution >= 0.6 is 7.80 Å². The van der Waals surface area contributed by atoms with E-state index in [0.717, 1.165) is 11.1 Å². The third-order valence-corrected chi connectivity index (χ3v) is 4.80. The van der Waals surface area contributed by atoms with E-state index in [0.29, 0.717) is 38.8 Å². The molecule has 22 heavy (non-hydrogen) atoms. The molecule has 3 nitrogen and oxygen atoms in total. The second-order valence-electron chi connectivity index (χ2n) is 5.12. The second-order valence-corrected chi connectivity index (χ2v) is 7.19. The van der Waals surface area contributed by atoms with Crippen molar-refractivity contribution in [2.75, 3.05) is 25.5 Å². The molecule has 0 aliphatic rings. The van der Waals surface area contributed by atoms with Gasteiger partial charge in [-0.15, -0.1) is 0 Å². The van der Waals surface area contributed by atoms with Crippen molar-refractivity contribution in [3.63, 3.8) is 0 Å². The van der Waals surface area contributed by atoms with Gasteiger partial charge in [0.2, 0.25) is 0 Å². The highest BCUT2D eigenvalue weighted by Crippen LogP contribution is 2.19. The van der Waals surface area contributed by atoms with Gasteiger partial charge in [0, 0.05) is 12.3 Å². The molecule has 0 fully saturated rings. The molecule has 0 atom stereocenters. The fourth-order valence-electron chi connectivity index (χ4n) is 2.03. The number of ether oxygens (including phenoxy) is 2. The summed E-state index contributed by atoms with van der Waals surface area (Å²) < 4.78 is 23.0. The summed E-state index contributed by atoms with van der Waals surface area (Å²) >= 11 is 0. The zero-order chi connectivity index (χ0) is 15.5. The molecule has 0 amide bonds. The molecule has 4 heteroatoms. The number of rotatable bonds is 10. The number of benzene rings is 2. The van der Waals surface area contributed by atoms with Crippen molar-refractivity contribution < 1.29 is 14.0 Å². The summed E-state index contributed by atoms with van der Waals surface area (Å²) in [6.45, 7) is 2.26. The molecule has 2 aromatic rings. The first-order chi connectivity index (χ1) is 10.8. The molecule has 0 saturated carbocycles. The lowest BCUT2D eigenvalue weighted by Gasteiger charge is -2.06. The molecular weight excluding hydrogens is 295 g/mol. The van der Waals surface area contributed by atoms with Gasteiger partial charge in [0.05, 0.1) is 34.2 Å². The van der Waals surface area contributed by atoms with Crippen LogP contribution < -0.4 is 0 Å². The highest BCUT2D eigenvalue weighted by atomic mass is 31.1. The molecule has 118 valence electrons. The monoisotopic (exact) mass is 318 g/mol. The lowest BCUT2D eigenvalue weighted by atomic mass is 10.2. The zero-order valence-corrected chi connectivity index (χ0v) is 13.7. The summed E-state index contributed by atoms with van der Waals surface area (Å²) in [6, 6.07) is 20.0. The van der Waals surface area contributed by atoms with Crippen molar-refractivity contribution in [1.82, 2.24) is 0 Å². The highest BCUT2D eigenvalue weighted by Gasteiger charge is 2.01. The second kappa shape index (κ2) is 10.3. The molecule has 0 aliphatic carbocycles. The lowest BCUT2D eigenvalue weighted by Crippen LogP contribution is -2.02. The van der Waals surface area contributed by atoms with Crippen molar-refractivity contribution >= 4 is 7.80 Å². The maximum Gasteiger partial charge on any atom is 0.0807 e. The minimum Gasteiger partial charge on any atom is -0.376 e. The third-order valence-electron chi connectivity index (χ3n) is 3.27. The SMILES string of the molecule is O=[PH](CCOCc1ccccc1)CCOCc1ccccc1. The molecule has 0 bridgehead atoms. The summed E-state index contributed by atoms with van der Waals surface area (Å²) in [7, 11) is -1.60. The summed E-state index contributed by atoms with van der Waals surface area (Å²) in [5.41, 5.74) is 2.29. The maximum atomic E-state index is 11.9. The fourth-order valence-corrected chi connectivity index (χ4v) is 3.02. The number of hydrogen-bond acceptors (Lipinski definition) is 3. The molecule has 0 radical (unpaired) electrons. The van der Waals surface area contributed by atoms with Gasteiger partial charge in [0.1, 0.15) is 0 Å². The van der Waals surface area contributed by atoms with Crippen LogP contribution in [0.4, 0.5) is 0 Å². The Morgan fingerprint density at radius 3 is 1.50 bits per heavy atom. The van der Waals surface area contributed by atoms with E-state index in [1.807, 2.05) is 60.7 Å². The molecular formula is C18H23O3P. The topological polar surface area (TPSA) is 35.5 Å². The third kappa shape index (κ3) is 7.04. The van der Waals surface area contributed by atoms with E-state index < -0.39 is 7.80 Å². The minimum atomic E-state index is -1.60. The van der Waals surface area contributed by atoms with Crippen LogP contribution in [0.25, 0.3) is 0 Å². The molecule has 2 rings (SSSR count). The van der Waals surface area contributed by atoms with E-state index in [-0.39, 0.29) is 0 Å². The Hall–Kier alpha value is -1.41. The van der Waals surface area contributed by atoms with Crippen LogP contribution in [-0.4, -0.2) is 25.5 Å². The maximum absolute atomic E-state index is 11.9. The Morgan fingerprint density at radius 1 is 0.682 bits per heavy atom. The standard InChI is InChI=1S/C18H23O3P/c19-22(13-11-20-15-17-7-3-1-4-8-17)14-12-21-16-18-9-5-2-6-10-18/h1-10,22H,11-16H2. The largest absolute Gasteiger partial charge is 0.376 e.